The number of nitrogens with one attached hydrogen (secondary N) is 4. The van der Waals surface area contributed by atoms with Crippen LogP contribution < -0.4 is 21.3 Å². The molecule has 1 aliphatic heterocycles. The molecule has 5 amide bonds. The van der Waals surface area contributed by atoms with E-state index in [9.17, 15) is 24.0 Å². The lowest BCUT2D eigenvalue weighted by molar-refractivity contribution is -0.138. The molecule has 2 rings (SSSR count). The van der Waals surface area contributed by atoms with Gasteiger partial charge in [-0.05, 0) is 45.3 Å². The monoisotopic (exact) mass is 544 g/mol. The number of benzene rings is 1. The van der Waals surface area contributed by atoms with Gasteiger partial charge < -0.3 is 31.1 Å². The molecule has 1 saturated heterocycles. The molecule has 0 saturated carbocycles. The van der Waals surface area contributed by atoms with E-state index in [-0.39, 0.29) is 37.9 Å². The van der Waals surface area contributed by atoms with Crippen LogP contribution in [-0.4, -0.2) is 97.2 Å². The van der Waals surface area contributed by atoms with Gasteiger partial charge in [-0.2, -0.15) is 0 Å². The summed E-state index contributed by atoms with van der Waals surface area (Å²) < 4.78 is 0. The predicted octanol–water partition coefficient (Wildman–Crippen LogP) is 0.0481. The van der Waals surface area contributed by atoms with E-state index in [4.69, 9.17) is 0 Å². The molecule has 4 N–H and O–H groups in total. The third-order valence-electron chi connectivity index (χ3n) is 6.45. The van der Waals surface area contributed by atoms with E-state index in [1.807, 2.05) is 51.1 Å². The summed E-state index contributed by atoms with van der Waals surface area (Å²) in [7, 11) is 3.50. The molecule has 1 aromatic rings. The maximum Gasteiger partial charge on any atom is 0.243 e. The standard InChI is InChI=1S/C28H44N6O5/c1-7-21-15-34(25(36)17-33(5)6)16-24(35)29-19(4)26(37)31-22(13-18(2)3)28(39)32-23(27(38)30-21)14-20-11-9-8-10-12-20/h8-12,18-19,21-23H,7,13-17H2,1-6H3,(H,29,35)(H,30,38)(H,31,37)(H,32,39)/t19-,21+,22+,23+/m1/s1. The van der Waals surface area contributed by atoms with E-state index in [0.717, 1.165) is 5.56 Å². The van der Waals surface area contributed by atoms with Gasteiger partial charge >= 0.3 is 0 Å². The number of rotatable bonds is 7. The second-order valence-corrected chi connectivity index (χ2v) is 10.9. The van der Waals surface area contributed by atoms with Crippen LogP contribution in [0.1, 0.15) is 46.1 Å². The van der Waals surface area contributed by atoms with Crippen molar-refractivity contribution in [3.05, 3.63) is 35.9 Å². The number of amides is 5. The zero-order chi connectivity index (χ0) is 29.1. The minimum Gasteiger partial charge on any atom is -0.350 e. The third-order valence-corrected chi connectivity index (χ3v) is 6.45. The largest absolute Gasteiger partial charge is 0.350 e. The van der Waals surface area contributed by atoms with Crippen molar-refractivity contribution in [1.82, 2.24) is 31.1 Å². The molecule has 1 heterocycles. The quantitative estimate of drug-likeness (QED) is 0.383. The summed E-state index contributed by atoms with van der Waals surface area (Å²) in [6.07, 6.45) is 1.09. The zero-order valence-corrected chi connectivity index (χ0v) is 24.0. The Labute approximate surface area is 231 Å². The van der Waals surface area contributed by atoms with Gasteiger partial charge in [0.25, 0.3) is 0 Å². The van der Waals surface area contributed by atoms with E-state index < -0.39 is 47.8 Å². The Morgan fingerprint density at radius 2 is 1.56 bits per heavy atom. The van der Waals surface area contributed by atoms with E-state index in [0.29, 0.717) is 12.8 Å². The molecule has 216 valence electrons. The van der Waals surface area contributed by atoms with E-state index in [1.165, 1.54) is 11.8 Å². The summed E-state index contributed by atoms with van der Waals surface area (Å²) in [5.74, 6) is -2.11. The van der Waals surface area contributed by atoms with Crippen molar-refractivity contribution in [2.45, 2.75) is 71.1 Å². The molecular weight excluding hydrogens is 500 g/mol. The number of likely N-dealkylation sites (N-methyl/N-ethyl adjacent to an activating group) is 1. The Morgan fingerprint density at radius 3 is 2.15 bits per heavy atom. The number of carbonyl (C=O) groups excluding carboxylic acids is 5. The minimum absolute atomic E-state index is 0.0789. The maximum absolute atomic E-state index is 13.5. The molecule has 0 unspecified atom stereocenters. The van der Waals surface area contributed by atoms with Crippen LogP contribution in [0.5, 0.6) is 0 Å². The Balaban J connectivity index is 2.44. The Bertz CT molecular complexity index is 999. The molecule has 4 atom stereocenters. The van der Waals surface area contributed by atoms with Crippen LogP contribution >= 0.6 is 0 Å². The fraction of sp³-hybridized carbons (Fsp3) is 0.607. The third kappa shape index (κ3) is 10.7. The van der Waals surface area contributed by atoms with E-state index in [2.05, 4.69) is 21.3 Å². The van der Waals surface area contributed by atoms with Crippen molar-refractivity contribution in [2.75, 3.05) is 33.7 Å². The number of hydrogen-bond donors (Lipinski definition) is 4. The summed E-state index contributed by atoms with van der Waals surface area (Å²) in [6, 6.07) is 6.14. The highest BCUT2D eigenvalue weighted by atomic mass is 16.2. The van der Waals surface area contributed by atoms with Crippen LogP contribution in [0.25, 0.3) is 0 Å². The molecule has 39 heavy (non-hydrogen) atoms. The minimum atomic E-state index is -0.933. The van der Waals surface area contributed by atoms with Crippen LogP contribution in [0.3, 0.4) is 0 Å². The van der Waals surface area contributed by atoms with Crippen LogP contribution in [0, 0.1) is 5.92 Å². The fourth-order valence-electron chi connectivity index (χ4n) is 4.33. The van der Waals surface area contributed by atoms with Gasteiger partial charge in [-0.25, -0.2) is 0 Å². The first-order valence-corrected chi connectivity index (χ1v) is 13.6. The van der Waals surface area contributed by atoms with Gasteiger partial charge in [0.2, 0.25) is 29.5 Å². The molecule has 0 bridgehead atoms. The van der Waals surface area contributed by atoms with Crippen LogP contribution in [0.4, 0.5) is 0 Å². The van der Waals surface area contributed by atoms with Gasteiger partial charge in [-0.3, -0.25) is 24.0 Å². The van der Waals surface area contributed by atoms with Crippen molar-refractivity contribution in [3.63, 3.8) is 0 Å². The molecule has 1 aliphatic rings. The lowest BCUT2D eigenvalue weighted by atomic mass is 10.0. The molecular formula is C28H44N6O5. The summed E-state index contributed by atoms with van der Waals surface area (Å²) >= 11 is 0. The number of carbonyl (C=O) groups is 5. The normalized spacial score (nSPS) is 23.8. The Kier molecular flexibility index (Phi) is 12.4. The van der Waals surface area contributed by atoms with Crippen molar-refractivity contribution in [1.29, 1.82) is 0 Å². The zero-order valence-electron chi connectivity index (χ0n) is 24.0. The molecule has 1 fully saturated rings. The molecule has 1 aromatic carbocycles. The molecule has 0 radical (unpaired) electrons. The van der Waals surface area contributed by atoms with Crippen LogP contribution in [-0.2, 0) is 30.4 Å². The van der Waals surface area contributed by atoms with Crippen molar-refractivity contribution < 1.29 is 24.0 Å². The number of hydrogen-bond acceptors (Lipinski definition) is 6. The summed E-state index contributed by atoms with van der Waals surface area (Å²) in [6.45, 7) is 7.18. The topological polar surface area (TPSA) is 140 Å². The molecule has 0 aromatic heterocycles. The van der Waals surface area contributed by atoms with Gasteiger partial charge in [-0.15, -0.1) is 0 Å². The highest BCUT2D eigenvalue weighted by molar-refractivity contribution is 5.95. The average molecular weight is 545 g/mol. The van der Waals surface area contributed by atoms with E-state index in [1.54, 1.807) is 19.0 Å². The lowest BCUT2D eigenvalue weighted by Crippen LogP contribution is -2.57. The summed E-state index contributed by atoms with van der Waals surface area (Å²) in [4.78, 5) is 68.8. The molecule has 0 aliphatic carbocycles. The van der Waals surface area contributed by atoms with Gasteiger partial charge in [0.1, 0.15) is 18.1 Å². The lowest BCUT2D eigenvalue weighted by Gasteiger charge is -2.30. The van der Waals surface area contributed by atoms with Crippen LogP contribution in [0.2, 0.25) is 0 Å². The Hall–Kier alpha value is -3.47. The first-order chi connectivity index (χ1) is 18.4. The fourth-order valence-corrected chi connectivity index (χ4v) is 4.33. The molecule has 11 heteroatoms. The van der Waals surface area contributed by atoms with Gasteiger partial charge in [0.15, 0.2) is 0 Å². The predicted molar refractivity (Wildman–Crippen MR) is 148 cm³/mol. The average Bonchev–Trinajstić information content (AvgIpc) is 2.86. The first kappa shape index (κ1) is 31.7. The summed E-state index contributed by atoms with van der Waals surface area (Å²) in [5, 5.41) is 11.2. The highest BCUT2D eigenvalue weighted by Gasteiger charge is 2.31. The molecule has 11 nitrogen and oxygen atoms in total. The van der Waals surface area contributed by atoms with Gasteiger partial charge in [-0.1, -0.05) is 51.1 Å². The maximum atomic E-state index is 13.5. The van der Waals surface area contributed by atoms with Crippen LogP contribution in [0.15, 0.2) is 30.3 Å². The second-order valence-electron chi connectivity index (χ2n) is 10.9. The second kappa shape index (κ2) is 15.2. The van der Waals surface area contributed by atoms with Crippen molar-refractivity contribution >= 4 is 29.5 Å². The Morgan fingerprint density at radius 1 is 0.949 bits per heavy atom. The number of nitrogens with zero attached hydrogens (tertiary/aromatic N) is 2. The van der Waals surface area contributed by atoms with E-state index >= 15 is 0 Å². The molecule has 0 spiro atoms. The van der Waals surface area contributed by atoms with Crippen molar-refractivity contribution in [2.24, 2.45) is 5.92 Å². The van der Waals surface area contributed by atoms with Gasteiger partial charge in [0, 0.05) is 19.0 Å². The van der Waals surface area contributed by atoms with Crippen molar-refractivity contribution in [3.8, 4) is 0 Å². The first-order valence-electron chi connectivity index (χ1n) is 13.6. The SMILES string of the molecule is CC[C@H]1CN(C(=O)CN(C)C)CC(=O)N[C@H](C)C(=O)N[C@@H](CC(C)C)C(=O)N[C@@H](Cc2ccccc2)C(=O)N1. The smallest absolute Gasteiger partial charge is 0.243 e. The van der Waals surface area contributed by atoms with Gasteiger partial charge in [0.05, 0.1) is 13.1 Å². The highest BCUT2D eigenvalue weighted by Crippen LogP contribution is 2.10. The summed E-state index contributed by atoms with van der Waals surface area (Å²) in [5.41, 5.74) is 0.861.